The molecule has 0 radical (unpaired) electrons. The quantitative estimate of drug-likeness (QED) is 0.363. The van der Waals surface area contributed by atoms with E-state index in [4.69, 9.17) is 9.47 Å². The molecule has 4 atom stereocenters. The molecule has 7 heteroatoms. The van der Waals surface area contributed by atoms with Crippen LogP contribution in [0.2, 0.25) is 0 Å². The van der Waals surface area contributed by atoms with Gasteiger partial charge in [0.05, 0.1) is 12.6 Å². The fourth-order valence-corrected chi connectivity index (χ4v) is 4.16. The lowest BCUT2D eigenvalue weighted by molar-refractivity contribution is -0.106. The van der Waals surface area contributed by atoms with E-state index in [0.717, 1.165) is 25.4 Å². The fraction of sp³-hybridized carbons (Fsp3) is 0.650. The van der Waals surface area contributed by atoms with Crippen LogP contribution in [-0.4, -0.2) is 44.4 Å². The number of hydrogen-bond donors (Lipinski definition) is 2. The SMILES string of the molecule is CCC(CNC(=NC)NC1C2CCOC2C1(C)C)Oc1ccccc1F.I. The maximum absolute atomic E-state index is 13.8. The summed E-state index contributed by atoms with van der Waals surface area (Å²) in [6, 6.07) is 6.84. The summed E-state index contributed by atoms with van der Waals surface area (Å²) in [4.78, 5) is 4.34. The van der Waals surface area contributed by atoms with Gasteiger partial charge in [0.15, 0.2) is 17.5 Å². The lowest BCUT2D eigenvalue weighted by Gasteiger charge is -2.54. The van der Waals surface area contributed by atoms with E-state index in [0.29, 0.717) is 24.6 Å². The maximum Gasteiger partial charge on any atom is 0.191 e. The Hall–Kier alpha value is -1.09. The van der Waals surface area contributed by atoms with E-state index in [-0.39, 0.29) is 47.1 Å². The summed E-state index contributed by atoms with van der Waals surface area (Å²) < 4.78 is 25.4. The van der Waals surface area contributed by atoms with Gasteiger partial charge in [0.1, 0.15) is 6.10 Å². The van der Waals surface area contributed by atoms with Gasteiger partial charge in [-0.1, -0.05) is 32.9 Å². The van der Waals surface area contributed by atoms with Crippen LogP contribution in [0.25, 0.3) is 0 Å². The molecule has 4 unspecified atom stereocenters. The number of para-hydroxylation sites is 1. The second-order valence-corrected chi connectivity index (χ2v) is 7.72. The van der Waals surface area contributed by atoms with Crippen LogP contribution in [0.4, 0.5) is 4.39 Å². The summed E-state index contributed by atoms with van der Waals surface area (Å²) in [6.45, 7) is 7.90. The Kier molecular flexibility index (Phi) is 7.73. The molecule has 1 aliphatic heterocycles. The van der Waals surface area contributed by atoms with E-state index < -0.39 is 0 Å². The molecular weight excluding hydrogens is 460 g/mol. The Balaban J connectivity index is 0.00000261. The van der Waals surface area contributed by atoms with Gasteiger partial charge < -0.3 is 20.1 Å². The molecule has 3 rings (SSSR count). The number of hydrogen-bond acceptors (Lipinski definition) is 3. The Morgan fingerprint density at radius 1 is 1.41 bits per heavy atom. The minimum atomic E-state index is -0.336. The molecule has 2 N–H and O–H groups in total. The topological polar surface area (TPSA) is 54.9 Å². The number of benzene rings is 1. The first-order chi connectivity index (χ1) is 12.5. The second kappa shape index (κ2) is 9.41. The predicted octanol–water partition coefficient (Wildman–Crippen LogP) is 3.58. The van der Waals surface area contributed by atoms with Crippen LogP contribution in [-0.2, 0) is 4.74 Å². The molecule has 0 aromatic heterocycles. The summed E-state index contributed by atoms with van der Waals surface area (Å²) in [5, 5.41) is 6.88. The summed E-state index contributed by atoms with van der Waals surface area (Å²) in [6.07, 6.45) is 2.07. The van der Waals surface area contributed by atoms with Crippen LogP contribution in [0.5, 0.6) is 5.75 Å². The van der Waals surface area contributed by atoms with Crippen LogP contribution in [0, 0.1) is 17.2 Å². The highest BCUT2D eigenvalue weighted by molar-refractivity contribution is 14.0. The van der Waals surface area contributed by atoms with E-state index in [9.17, 15) is 4.39 Å². The molecule has 1 saturated carbocycles. The average Bonchev–Trinajstić information content (AvgIpc) is 3.09. The molecule has 27 heavy (non-hydrogen) atoms. The zero-order valence-corrected chi connectivity index (χ0v) is 18.8. The van der Waals surface area contributed by atoms with Crippen molar-refractivity contribution in [2.75, 3.05) is 20.2 Å². The van der Waals surface area contributed by atoms with Crippen molar-refractivity contribution in [1.82, 2.24) is 10.6 Å². The largest absolute Gasteiger partial charge is 0.486 e. The third-order valence-corrected chi connectivity index (χ3v) is 5.70. The monoisotopic (exact) mass is 491 g/mol. The molecular formula is C20H31FIN3O2. The molecule has 1 aromatic carbocycles. The second-order valence-electron chi connectivity index (χ2n) is 7.72. The number of fused-ring (bicyclic) bond motifs is 1. The van der Waals surface area contributed by atoms with E-state index >= 15 is 0 Å². The number of halogens is 2. The fourth-order valence-electron chi connectivity index (χ4n) is 4.16. The third kappa shape index (κ3) is 4.67. The lowest BCUT2D eigenvalue weighted by atomic mass is 9.57. The Bertz CT molecular complexity index is 656. The standard InChI is InChI=1S/C20H30FN3O2.HI/c1-5-13(26-16-9-7-6-8-15(16)21)12-23-19(22-4)24-17-14-10-11-25-18(14)20(17,2)3;/h6-9,13-14,17-18H,5,10-12H2,1-4H3,(H2,22,23,24);1H. The van der Waals surface area contributed by atoms with Crippen LogP contribution in [0.1, 0.15) is 33.6 Å². The zero-order chi connectivity index (χ0) is 18.7. The molecule has 0 bridgehead atoms. The van der Waals surface area contributed by atoms with Crippen LogP contribution < -0.4 is 15.4 Å². The van der Waals surface area contributed by atoms with Gasteiger partial charge in [0.25, 0.3) is 0 Å². The summed E-state index contributed by atoms with van der Waals surface area (Å²) in [5.74, 6) is 1.25. The minimum absolute atomic E-state index is 0. The van der Waals surface area contributed by atoms with Gasteiger partial charge in [-0.05, 0) is 25.0 Å². The lowest BCUT2D eigenvalue weighted by Crippen LogP contribution is -2.68. The molecule has 1 heterocycles. The van der Waals surface area contributed by atoms with Crippen LogP contribution in [0.3, 0.4) is 0 Å². The molecule has 152 valence electrons. The molecule has 1 aliphatic carbocycles. The Morgan fingerprint density at radius 2 is 2.15 bits per heavy atom. The number of guanidine groups is 1. The van der Waals surface area contributed by atoms with Crippen molar-refractivity contribution >= 4 is 29.9 Å². The van der Waals surface area contributed by atoms with Gasteiger partial charge >= 0.3 is 0 Å². The molecule has 1 saturated heterocycles. The van der Waals surface area contributed by atoms with Gasteiger partial charge in [-0.25, -0.2) is 4.39 Å². The number of aliphatic imine (C=N–C) groups is 1. The molecule has 0 spiro atoms. The van der Waals surface area contributed by atoms with Crippen molar-refractivity contribution in [3.05, 3.63) is 30.1 Å². The van der Waals surface area contributed by atoms with E-state index in [2.05, 4.69) is 29.5 Å². The summed E-state index contributed by atoms with van der Waals surface area (Å²) in [5.41, 5.74) is 0.0899. The van der Waals surface area contributed by atoms with Gasteiger partial charge in [-0.2, -0.15) is 0 Å². The Labute approximate surface area is 178 Å². The zero-order valence-electron chi connectivity index (χ0n) is 16.5. The highest BCUT2D eigenvalue weighted by Gasteiger charge is 2.59. The molecule has 1 aromatic rings. The smallest absolute Gasteiger partial charge is 0.191 e. The van der Waals surface area contributed by atoms with Crippen LogP contribution in [0.15, 0.2) is 29.3 Å². The van der Waals surface area contributed by atoms with Crippen molar-refractivity contribution in [2.24, 2.45) is 16.3 Å². The first-order valence-corrected chi connectivity index (χ1v) is 9.47. The molecule has 0 amide bonds. The van der Waals surface area contributed by atoms with E-state index in [1.165, 1.54) is 6.07 Å². The van der Waals surface area contributed by atoms with Gasteiger partial charge in [-0.3, -0.25) is 4.99 Å². The Morgan fingerprint density at radius 3 is 2.81 bits per heavy atom. The number of nitrogens with zero attached hydrogens (tertiary/aromatic N) is 1. The third-order valence-electron chi connectivity index (χ3n) is 5.70. The summed E-state index contributed by atoms with van der Waals surface area (Å²) in [7, 11) is 1.77. The average molecular weight is 491 g/mol. The van der Waals surface area contributed by atoms with Crippen molar-refractivity contribution in [3.8, 4) is 5.75 Å². The van der Waals surface area contributed by atoms with Gasteiger partial charge in [-0.15, -0.1) is 24.0 Å². The molecule has 5 nitrogen and oxygen atoms in total. The number of rotatable bonds is 6. The van der Waals surface area contributed by atoms with Crippen molar-refractivity contribution in [3.63, 3.8) is 0 Å². The highest BCUT2D eigenvalue weighted by atomic mass is 127. The summed E-state index contributed by atoms with van der Waals surface area (Å²) >= 11 is 0. The van der Waals surface area contributed by atoms with E-state index in [1.54, 1.807) is 25.2 Å². The maximum atomic E-state index is 13.8. The molecule has 2 fully saturated rings. The number of ether oxygens (including phenoxy) is 2. The first kappa shape index (κ1) is 22.2. The normalized spacial score (nSPS) is 27.0. The van der Waals surface area contributed by atoms with Crippen molar-refractivity contribution in [1.29, 1.82) is 0 Å². The minimum Gasteiger partial charge on any atom is -0.486 e. The van der Waals surface area contributed by atoms with Gasteiger partial charge in [0, 0.05) is 31.0 Å². The predicted molar refractivity (Wildman–Crippen MR) is 116 cm³/mol. The van der Waals surface area contributed by atoms with Crippen molar-refractivity contribution in [2.45, 2.75) is 51.9 Å². The van der Waals surface area contributed by atoms with E-state index in [1.807, 2.05) is 6.92 Å². The number of nitrogens with one attached hydrogen (secondary N) is 2. The molecule has 2 aliphatic rings. The van der Waals surface area contributed by atoms with Crippen LogP contribution >= 0.6 is 24.0 Å². The van der Waals surface area contributed by atoms with Gasteiger partial charge in [0.2, 0.25) is 0 Å². The van der Waals surface area contributed by atoms with Crippen molar-refractivity contribution < 1.29 is 13.9 Å². The first-order valence-electron chi connectivity index (χ1n) is 9.47. The highest BCUT2D eigenvalue weighted by Crippen LogP contribution is 2.52.